The topological polar surface area (TPSA) is 56.6 Å². The predicted octanol–water partition coefficient (Wildman–Crippen LogP) is 2.99. The van der Waals surface area contributed by atoms with Crippen LogP contribution in [0.5, 0.6) is 11.5 Å². The molecule has 2 heterocycles. The van der Waals surface area contributed by atoms with Crippen molar-refractivity contribution in [2.45, 2.75) is 32.2 Å². The Morgan fingerprint density at radius 3 is 3.00 bits per heavy atom. The maximum absolute atomic E-state index is 12.5. The van der Waals surface area contributed by atoms with Crippen molar-refractivity contribution in [3.8, 4) is 11.5 Å². The molecule has 1 fully saturated rings. The molecule has 6 nitrogen and oxygen atoms in total. The van der Waals surface area contributed by atoms with Gasteiger partial charge in [0.15, 0.2) is 0 Å². The lowest BCUT2D eigenvalue weighted by atomic mass is 9.98. The van der Waals surface area contributed by atoms with E-state index in [1.165, 1.54) is 0 Å². The van der Waals surface area contributed by atoms with Crippen LogP contribution in [0.3, 0.4) is 0 Å². The van der Waals surface area contributed by atoms with E-state index in [1.54, 1.807) is 13.3 Å². The highest BCUT2D eigenvalue weighted by Crippen LogP contribution is 2.22. The molecule has 1 aliphatic rings. The Labute approximate surface area is 154 Å². The Morgan fingerprint density at radius 1 is 1.31 bits per heavy atom. The second kappa shape index (κ2) is 9.27. The fourth-order valence-corrected chi connectivity index (χ4v) is 3.32. The zero-order valence-corrected chi connectivity index (χ0v) is 15.3. The van der Waals surface area contributed by atoms with Crippen molar-refractivity contribution in [3.05, 3.63) is 42.7 Å². The number of benzene rings is 1. The van der Waals surface area contributed by atoms with Crippen molar-refractivity contribution >= 4 is 5.91 Å². The van der Waals surface area contributed by atoms with Crippen LogP contribution in [0, 0.1) is 5.92 Å². The second-order valence-corrected chi connectivity index (χ2v) is 6.71. The van der Waals surface area contributed by atoms with E-state index >= 15 is 0 Å². The molecule has 1 atom stereocenters. The van der Waals surface area contributed by atoms with Crippen LogP contribution < -0.4 is 9.47 Å². The molecule has 1 aromatic carbocycles. The lowest BCUT2D eigenvalue weighted by Crippen LogP contribution is -2.41. The third-order valence-electron chi connectivity index (χ3n) is 4.74. The van der Waals surface area contributed by atoms with Crippen molar-refractivity contribution in [1.29, 1.82) is 0 Å². The molecule has 1 saturated heterocycles. The first kappa shape index (κ1) is 18.3. The average molecular weight is 357 g/mol. The number of methoxy groups -OCH3 is 1. The fourth-order valence-electron chi connectivity index (χ4n) is 3.32. The van der Waals surface area contributed by atoms with Gasteiger partial charge >= 0.3 is 0 Å². The van der Waals surface area contributed by atoms with Crippen LogP contribution in [0.2, 0.25) is 0 Å². The molecule has 0 N–H and O–H groups in total. The highest BCUT2D eigenvalue weighted by atomic mass is 16.5. The molecule has 26 heavy (non-hydrogen) atoms. The minimum Gasteiger partial charge on any atom is -0.497 e. The number of ether oxygens (including phenoxy) is 2. The molecule has 3 rings (SSSR count). The van der Waals surface area contributed by atoms with Gasteiger partial charge in [-0.25, -0.2) is 0 Å². The first-order valence-electron chi connectivity index (χ1n) is 9.26. The maximum Gasteiger partial charge on any atom is 0.222 e. The van der Waals surface area contributed by atoms with Crippen LogP contribution in [0.25, 0.3) is 0 Å². The van der Waals surface area contributed by atoms with Crippen LogP contribution in [-0.4, -0.2) is 47.4 Å². The third kappa shape index (κ3) is 5.25. The standard InChI is InChI=1S/C20H27N3O3/c1-25-18-7-2-8-19(14-18)26-16-17-6-3-11-22(15-17)20(24)9-4-12-23-13-5-10-21-23/h2,5,7-8,10,13-14,17H,3-4,6,9,11-12,15-16H2,1H3/t17-/m1/s1. The van der Waals surface area contributed by atoms with Gasteiger partial charge in [-0.05, 0) is 37.5 Å². The van der Waals surface area contributed by atoms with Gasteiger partial charge in [-0.2, -0.15) is 5.10 Å². The molecule has 1 aromatic heterocycles. The van der Waals surface area contributed by atoms with Gasteiger partial charge in [0.05, 0.1) is 13.7 Å². The number of carbonyl (C=O) groups excluding carboxylic acids is 1. The van der Waals surface area contributed by atoms with E-state index in [0.717, 1.165) is 50.4 Å². The molecular weight excluding hydrogens is 330 g/mol. The van der Waals surface area contributed by atoms with Crippen molar-refractivity contribution < 1.29 is 14.3 Å². The average Bonchev–Trinajstić information content (AvgIpc) is 3.20. The van der Waals surface area contributed by atoms with Gasteiger partial charge in [-0.3, -0.25) is 9.48 Å². The highest BCUT2D eigenvalue weighted by Gasteiger charge is 2.23. The number of rotatable bonds is 8. The molecule has 1 aliphatic heterocycles. The number of likely N-dealkylation sites (tertiary alicyclic amines) is 1. The van der Waals surface area contributed by atoms with Gasteiger partial charge in [0.2, 0.25) is 5.91 Å². The molecule has 6 heteroatoms. The fraction of sp³-hybridized carbons (Fsp3) is 0.500. The number of carbonyl (C=O) groups is 1. The van der Waals surface area contributed by atoms with Crippen LogP contribution in [0.4, 0.5) is 0 Å². The Hall–Kier alpha value is -2.50. The summed E-state index contributed by atoms with van der Waals surface area (Å²) in [5.41, 5.74) is 0. The van der Waals surface area contributed by atoms with Crippen LogP contribution >= 0.6 is 0 Å². The molecule has 2 aromatic rings. The van der Waals surface area contributed by atoms with Crippen LogP contribution in [0.15, 0.2) is 42.7 Å². The number of aryl methyl sites for hydroxylation is 1. The second-order valence-electron chi connectivity index (χ2n) is 6.71. The normalized spacial score (nSPS) is 17.1. The van der Waals surface area contributed by atoms with Crippen molar-refractivity contribution in [2.24, 2.45) is 5.92 Å². The Balaban J connectivity index is 1.42. The van der Waals surface area contributed by atoms with E-state index in [4.69, 9.17) is 9.47 Å². The van der Waals surface area contributed by atoms with Crippen LogP contribution in [0.1, 0.15) is 25.7 Å². The third-order valence-corrected chi connectivity index (χ3v) is 4.74. The number of piperidine rings is 1. The largest absolute Gasteiger partial charge is 0.497 e. The van der Waals surface area contributed by atoms with Gasteiger partial charge in [0.1, 0.15) is 11.5 Å². The summed E-state index contributed by atoms with van der Waals surface area (Å²) < 4.78 is 13.0. The molecule has 0 unspecified atom stereocenters. The molecule has 140 valence electrons. The lowest BCUT2D eigenvalue weighted by Gasteiger charge is -2.32. The van der Waals surface area contributed by atoms with E-state index in [1.807, 2.05) is 46.1 Å². The predicted molar refractivity (Wildman–Crippen MR) is 99.3 cm³/mol. The molecule has 0 bridgehead atoms. The minimum absolute atomic E-state index is 0.239. The first-order valence-corrected chi connectivity index (χ1v) is 9.26. The number of nitrogens with zero attached hydrogens (tertiary/aromatic N) is 3. The van der Waals surface area contributed by atoms with Gasteiger partial charge in [-0.15, -0.1) is 0 Å². The van der Waals surface area contributed by atoms with Gasteiger partial charge < -0.3 is 14.4 Å². The Morgan fingerprint density at radius 2 is 2.19 bits per heavy atom. The van der Waals surface area contributed by atoms with E-state index in [-0.39, 0.29) is 5.91 Å². The van der Waals surface area contributed by atoms with E-state index in [2.05, 4.69) is 5.10 Å². The smallest absolute Gasteiger partial charge is 0.222 e. The van der Waals surface area contributed by atoms with Gasteiger partial charge in [-0.1, -0.05) is 6.07 Å². The summed E-state index contributed by atoms with van der Waals surface area (Å²) >= 11 is 0. The van der Waals surface area contributed by atoms with Gasteiger partial charge in [0.25, 0.3) is 0 Å². The summed E-state index contributed by atoms with van der Waals surface area (Å²) in [5, 5.41) is 4.17. The summed E-state index contributed by atoms with van der Waals surface area (Å²) in [5.74, 6) is 2.22. The number of aromatic nitrogens is 2. The molecule has 0 spiro atoms. The quantitative estimate of drug-likeness (QED) is 0.729. The molecular formula is C20H27N3O3. The maximum atomic E-state index is 12.5. The molecule has 0 aliphatic carbocycles. The van der Waals surface area contributed by atoms with E-state index in [0.29, 0.717) is 18.9 Å². The summed E-state index contributed by atoms with van der Waals surface area (Å²) in [4.78, 5) is 14.5. The van der Waals surface area contributed by atoms with Gasteiger partial charge in [0, 0.05) is 50.4 Å². The Kier molecular flexibility index (Phi) is 6.52. The van der Waals surface area contributed by atoms with Crippen molar-refractivity contribution in [1.82, 2.24) is 14.7 Å². The van der Waals surface area contributed by atoms with E-state index < -0.39 is 0 Å². The number of amides is 1. The Bertz CT molecular complexity index is 687. The minimum atomic E-state index is 0.239. The molecule has 0 saturated carbocycles. The van der Waals surface area contributed by atoms with E-state index in [9.17, 15) is 4.79 Å². The monoisotopic (exact) mass is 357 g/mol. The lowest BCUT2D eigenvalue weighted by molar-refractivity contribution is -0.133. The summed E-state index contributed by atoms with van der Waals surface area (Å²) in [6, 6.07) is 9.55. The summed E-state index contributed by atoms with van der Waals surface area (Å²) in [6.07, 6.45) is 7.22. The zero-order valence-electron chi connectivity index (χ0n) is 15.3. The zero-order chi connectivity index (χ0) is 18.2. The number of hydrogen-bond acceptors (Lipinski definition) is 4. The first-order chi connectivity index (χ1) is 12.7. The van der Waals surface area contributed by atoms with Crippen molar-refractivity contribution in [2.75, 3.05) is 26.8 Å². The van der Waals surface area contributed by atoms with Crippen LogP contribution in [-0.2, 0) is 11.3 Å². The highest BCUT2D eigenvalue weighted by molar-refractivity contribution is 5.76. The number of hydrogen-bond donors (Lipinski definition) is 0. The summed E-state index contributed by atoms with van der Waals surface area (Å²) in [6.45, 7) is 3.06. The summed E-state index contributed by atoms with van der Waals surface area (Å²) in [7, 11) is 1.65. The SMILES string of the molecule is COc1cccc(OC[C@@H]2CCCN(C(=O)CCCn3cccn3)C2)c1. The molecule has 0 radical (unpaired) electrons. The van der Waals surface area contributed by atoms with Crippen molar-refractivity contribution in [3.63, 3.8) is 0 Å². The molecule has 1 amide bonds.